The summed E-state index contributed by atoms with van der Waals surface area (Å²) in [5.41, 5.74) is 1.67. The Hall–Kier alpha value is -1.40. The van der Waals surface area contributed by atoms with Crippen molar-refractivity contribution in [3.63, 3.8) is 0 Å². The number of rotatable bonds is 4. The first-order valence-electron chi connectivity index (χ1n) is 10.1. The van der Waals surface area contributed by atoms with E-state index < -0.39 is 11.4 Å². The zero-order valence-electron chi connectivity index (χ0n) is 16.4. The lowest BCUT2D eigenvalue weighted by Gasteiger charge is -2.33. The van der Waals surface area contributed by atoms with E-state index in [4.69, 9.17) is 0 Å². The van der Waals surface area contributed by atoms with E-state index in [1.807, 2.05) is 6.92 Å². The van der Waals surface area contributed by atoms with Gasteiger partial charge in [-0.2, -0.15) is 0 Å². The third-order valence-corrected chi connectivity index (χ3v) is 7.30. The van der Waals surface area contributed by atoms with Gasteiger partial charge >= 0.3 is 5.97 Å². The number of carboxylic acids is 1. The normalized spacial score (nSPS) is 30.8. The molecule has 0 radical (unpaired) electrons. The number of imidazole rings is 1. The van der Waals surface area contributed by atoms with E-state index in [9.17, 15) is 9.90 Å². The van der Waals surface area contributed by atoms with Gasteiger partial charge in [0.1, 0.15) is 5.82 Å². The van der Waals surface area contributed by atoms with Crippen LogP contribution in [0.2, 0.25) is 0 Å². The second kappa shape index (κ2) is 6.64. The number of hydrogen-bond acceptors (Lipinski definition) is 4. The van der Waals surface area contributed by atoms with Gasteiger partial charge < -0.3 is 9.67 Å². The van der Waals surface area contributed by atoms with Crippen LogP contribution in [0.1, 0.15) is 49.3 Å². The van der Waals surface area contributed by atoms with Crippen molar-refractivity contribution in [2.45, 2.75) is 58.5 Å². The molecule has 144 valence electrons. The highest BCUT2D eigenvalue weighted by atomic mass is 16.4. The average Bonchev–Trinajstić information content (AvgIpc) is 3.22. The zero-order chi connectivity index (χ0) is 18.5. The Morgan fingerprint density at radius 1 is 1.19 bits per heavy atom. The molecule has 3 aliphatic rings. The minimum Gasteiger partial charge on any atom is -0.481 e. The Labute approximate surface area is 156 Å². The number of aromatic nitrogens is 2. The molecule has 3 fully saturated rings. The van der Waals surface area contributed by atoms with Gasteiger partial charge in [-0.3, -0.25) is 14.6 Å². The molecule has 0 spiro atoms. The fourth-order valence-electron chi connectivity index (χ4n) is 5.48. The Kier molecular flexibility index (Phi) is 4.59. The molecule has 2 atom stereocenters. The van der Waals surface area contributed by atoms with Gasteiger partial charge in [0.05, 0.1) is 17.7 Å². The minimum absolute atomic E-state index is 0.240. The van der Waals surface area contributed by atoms with E-state index in [1.165, 1.54) is 37.8 Å². The van der Waals surface area contributed by atoms with Gasteiger partial charge in [0.15, 0.2) is 0 Å². The molecule has 1 saturated carbocycles. The summed E-state index contributed by atoms with van der Waals surface area (Å²) < 4.78 is 2.14. The van der Waals surface area contributed by atoms with Crippen molar-refractivity contribution in [3.8, 4) is 0 Å². The van der Waals surface area contributed by atoms with E-state index >= 15 is 0 Å². The van der Waals surface area contributed by atoms with Crippen molar-refractivity contribution in [2.75, 3.05) is 26.2 Å². The molecule has 4 rings (SSSR count). The van der Waals surface area contributed by atoms with E-state index in [0.717, 1.165) is 37.7 Å². The van der Waals surface area contributed by atoms with Crippen LogP contribution in [0, 0.1) is 25.2 Å². The molecule has 2 saturated heterocycles. The van der Waals surface area contributed by atoms with Gasteiger partial charge in [-0.1, -0.05) is 19.3 Å². The zero-order valence-corrected chi connectivity index (χ0v) is 16.4. The Morgan fingerprint density at radius 3 is 2.50 bits per heavy atom. The molecule has 2 aliphatic heterocycles. The predicted octanol–water partition coefficient (Wildman–Crippen LogP) is 2.19. The number of aliphatic carboxylic acids is 1. The molecule has 1 aliphatic carbocycles. The second-order valence-corrected chi connectivity index (χ2v) is 8.81. The largest absolute Gasteiger partial charge is 0.481 e. The van der Waals surface area contributed by atoms with E-state index in [1.54, 1.807) is 0 Å². The first-order valence-corrected chi connectivity index (χ1v) is 10.1. The maximum atomic E-state index is 12.3. The molecule has 3 heterocycles. The standard InChI is InChI=1S/C20H32N4O2/c1-14-15(2)22(3)18(21-14)11-23-9-16-10-24(17-7-5-4-6-8-17)13-20(16,12-23)19(25)26/h16-17H,4-13H2,1-3H3,(H,25,26)/t16-,20-/m0/s1. The number of likely N-dealkylation sites (tertiary alicyclic amines) is 2. The topological polar surface area (TPSA) is 61.6 Å². The molecule has 1 aromatic heterocycles. The summed E-state index contributed by atoms with van der Waals surface area (Å²) in [7, 11) is 2.05. The molecule has 0 amide bonds. The third kappa shape index (κ3) is 2.87. The predicted molar refractivity (Wildman–Crippen MR) is 100.0 cm³/mol. The average molecular weight is 361 g/mol. The molecule has 1 aromatic rings. The van der Waals surface area contributed by atoms with Crippen LogP contribution in [-0.2, 0) is 18.4 Å². The summed E-state index contributed by atoms with van der Waals surface area (Å²) in [4.78, 5) is 21.8. The Bertz CT molecular complexity index is 694. The number of carbonyl (C=O) groups is 1. The van der Waals surface area contributed by atoms with E-state index in [0.29, 0.717) is 12.6 Å². The van der Waals surface area contributed by atoms with Crippen molar-refractivity contribution < 1.29 is 9.90 Å². The number of nitrogens with zero attached hydrogens (tertiary/aromatic N) is 4. The van der Waals surface area contributed by atoms with Gasteiger partial charge in [-0.25, -0.2) is 4.98 Å². The highest BCUT2D eigenvalue weighted by molar-refractivity contribution is 5.77. The highest BCUT2D eigenvalue weighted by Gasteiger charge is 2.58. The van der Waals surface area contributed by atoms with Crippen molar-refractivity contribution in [3.05, 3.63) is 17.2 Å². The lowest BCUT2D eigenvalue weighted by molar-refractivity contribution is -0.149. The minimum atomic E-state index is -0.601. The molecular formula is C20H32N4O2. The Balaban J connectivity index is 1.48. The summed E-state index contributed by atoms with van der Waals surface area (Å²) in [6, 6.07) is 0.610. The molecule has 6 nitrogen and oxygen atoms in total. The fraction of sp³-hybridized carbons (Fsp3) is 0.800. The number of aryl methyl sites for hydroxylation is 1. The van der Waals surface area contributed by atoms with Crippen LogP contribution in [-0.4, -0.2) is 62.6 Å². The van der Waals surface area contributed by atoms with Gasteiger partial charge in [0, 0.05) is 50.9 Å². The first kappa shape index (κ1) is 18.0. The van der Waals surface area contributed by atoms with Crippen LogP contribution in [0.5, 0.6) is 0 Å². The van der Waals surface area contributed by atoms with Crippen molar-refractivity contribution in [2.24, 2.45) is 18.4 Å². The number of hydrogen-bond donors (Lipinski definition) is 1. The van der Waals surface area contributed by atoms with Crippen LogP contribution in [0.25, 0.3) is 0 Å². The van der Waals surface area contributed by atoms with Crippen molar-refractivity contribution >= 4 is 5.97 Å². The summed E-state index contributed by atoms with van der Waals surface area (Å²) in [6.45, 7) is 8.09. The first-order chi connectivity index (χ1) is 12.4. The van der Waals surface area contributed by atoms with Crippen LogP contribution < -0.4 is 0 Å². The maximum Gasteiger partial charge on any atom is 0.312 e. The van der Waals surface area contributed by atoms with Gasteiger partial charge in [0.2, 0.25) is 0 Å². The summed E-state index contributed by atoms with van der Waals surface area (Å²) in [5.74, 6) is 0.685. The smallest absolute Gasteiger partial charge is 0.312 e. The van der Waals surface area contributed by atoms with Gasteiger partial charge in [-0.05, 0) is 26.7 Å². The monoisotopic (exact) mass is 360 g/mol. The quantitative estimate of drug-likeness (QED) is 0.892. The molecule has 0 bridgehead atoms. The molecule has 0 aromatic carbocycles. The van der Waals surface area contributed by atoms with E-state index in [-0.39, 0.29) is 5.92 Å². The number of carboxylic acid groups (broad SMARTS) is 1. The third-order valence-electron chi connectivity index (χ3n) is 7.30. The molecular weight excluding hydrogens is 328 g/mol. The van der Waals surface area contributed by atoms with Gasteiger partial charge in [0.25, 0.3) is 0 Å². The summed E-state index contributed by atoms with van der Waals surface area (Å²) >= 11 is 0. The van der Waals surface area contributed by atoms with Crippen LogP contribution in [0.4, 0.5) is 0 Å². The SMILES string of the molecule is Cc1nc(CN2C[C@H]3CN(C4CCCCC4)C[C@@]3(C(=O)O)C2)n(C)c1C. The molecule has 0 unspecified atom stereocenters. The lowest BCUT2D eigenvalue weighted by atomic mass is 9.81. The van der Waals surface area contributed by atoms with Crippen LogP contribution in [0.3, 0.4) is 0 Å². The van der Waals surface area contributed by atoms with Gasteiger partial charge in [-0.15, -0.1) is 0 Å². The van der Waals surface area contributed by atoms with Crippen LogP contribution in [0.15, 0.2) is 0 Å². The number of fused-ring (bicyclic) bond motifs is 1. The Morgan fingerprint density at radius 2 is 1.92 bits per heavy atom. The van der Waals surface area contributed by atoms with Crippen molar-refractivity contribution in [1.29, 1.82) is 0 Å². The molecule has 26 heavy (non-hydrogen) atoms. The summed E-state index contributed by atoms with van der Waals surface area (Å²) in [6.07, 6.45) is 6.44. The summed E-state index contributed by atoms with van der Waals surface area (Å²) in [5, 5.41) is 10.1. The molecule has 1 N–H and O–H groups in total. The maximum absolute atomic E-state index is 12.3. The highest BCUT2D eigenvalue weighted by Crippen LogP contribution is 2.45. The van der Waals surface area contributed by atoms with Crippen molar-refractivity contribution in [1.82, 2.24) is 19.4 Å². The van der Waals surface area contributed by atoms with E-state index in [2.05, 4.69) is 33.3 Å². The lowest BCUT2D eigenvalue weighted by Crippen LogP contribution is -2.43. The second-order valence-electron chi connectivity index (χ2n) is 8.81. The fourth-order valence-corrected chi connectivity index (χ4v) is 5.48. The molecule has 6 heteroatoms. The van der Waals surface area contributed by atoms with Crippen LogP contribution >= 0.6 is 0 Å².